The molecule has 25 heavy (non-hydrogen) atoms. The molecule has 4 heteroatoms. The molecule has 0 saturated heterocycles. The predicted octanol–water partition coefficient (Wildman–Crippen LogP) is 6.25. The zero-order valence-electron chi connectivity index (χ0n) is 14.3. The van der Waals surface area contributed by atoms with Crippen LogP contribution in [0.5, 0.6) is 0 Å². The highest BCUT2D eigenvalue weighted by Crippen LogP contribution is 2.37. The molecule has 1 unspecified atom stereocenters. The third kappa shape index (κ3) is 3.73. The van der Waals surface area contributed by atoms with Crippen LogP contribution >= 0.6 is 0 Å². The minimum absolute atomic E-state index is 0.0784. The molecule has 0 aliphatic heterocycles. The van der Waals surface area contributed by atoms with E-state index in [2.05, 4.69) is 6.92 Å². The van der Waals surface area contributed by atoms with Crippen molar-refractivity contribution < 1.29 is 17.6 Å². The second-order valence-electron chi connectivity index (χ2n) is 6.87. The Balaban J connectivity index is 1.84. The predicted molar refractivity (Wildman–Crippen MR) is 90.7 cm³/mol. The average Bonchev–Trinajstić information content (AvgIpc) is 2.58. The van der Waals surface area contributed by atoms with Gasteiger partial charge in [-0.05, 0) is 72.9 Å². The summed E-state index contributed by atoms with van der Waals surface area (Å²) >= 11 is 0. The maximum atomic E-state index is 14.5. The summed E-state index contributed by atoms with van der Waals surface area (Å²) in [6.45, 7) is 2.08. The Morgan fingerprint density at radius 1 is 0.960 bits per heavy atom. The molecular weight excluding hydrogens is 328 g/mol. The van der Waals surface area contributed by atoms with Crippen LogP contribution in [0.2, 0.25) is 0 Å². The smallest absolute Gasteiger partial charge is 0.162 e. The number of hydrogen-bond donors (Lipinski definition) is 0. The minimum Gasteiger partial charge on any atom is -0.207 e. The first kappa shape index (κ1) is 18.0. The van der Waals surface area contributed by atoms with Gasteiger partial charge in [0.2, 0.25) is 0 Å². The summed E-state index contributed by atoms with van der Waals surface area (Å²) in [5, 5.41) is 0. The van der Waals surface area contributed by atoms with Crippen LogP contribution in [-0.4, -0.2) is 0 Å². The largest absolute Gasteiger partial charge is 0.207 e. The van der Waals surface area contributed by atoms with Crippen LogP contribution in [0, 0.1) is 23.3 Å². The molecule has 2 aromatic carbocycles. The van der Waals surface area contributed by atoms with Crippen LogP contribution < -0.4 is 0 Å². The van der Waals surface area contributed by atoms with Gasteiger partial charge in [0.15, 0.2) is 11.6 Å². The van der Waals surface area contributed by atoms with Crippen LogP contribution in [0.3, 0.4) is 0 Å². The summed E-state index contributed by atoms with van der Waals surface area (Å²) in [5.41, 5.74) is 1.74. The quantitative estimate of drug-likeness (QED) is 0.442. The van der Waals surface area contributed by atoms with E-state index in [0.717, 1.165) is 25.3 Å². The fraction of sp³-hybridized carbons (Fsp3) is 0.429. The van der Waals surface area contributed by atoms with E-state index in [4.69, 9.17) is 0 Å². The van der Waals surface area contributed by atoms with Gasteiger partial charge in [0.25, 0.3) is 0 Å². The van der Waals surface area contributed by atoms with Gasteiger partial charge in [0.05, 0.1) is 0 Å². The highest BCUT2D eigenvalue weighted by molar-refractivity contribution is 5.37. The van der Waals surface area contributed by atoms with Crippen molar-refractivity contribution in [3.63, 3.8) is 0 Å². The van der Waals surface area contributed by atoms with Gasteiger partial charge in [-0.15, -0.1) is 0 Å². The molecule has 0 fully saturated rings. The van der Waals surface area contributed by atoms with Crippen molar-refractivity contribution in [2.75, 3.05) is 0 Å². The SMILES string of the molecule is CCCCCc1cc(F)c(C2CCc3c(ccc(F)c3F)C2)c(F)c1. The lowest BCUT2D eigenvalue weighted by Crippen LogP contribution is -2.17. The topological polar surface area (TPSA) is 0 Å². The normalized spacial score (nSPS) is 16.8. The molecule has 134 valence electrons. The summed E-state index contributed by atoms with van der Waals surface area (Å²) in [6.07, 6.45) is 4.71. The molecule has 0 bridgehead atoms. The van der Waals surface area contributed by atoms with Crippen LogP contribution in [0.4, 0.5) is 17.6 Å². The fourth-order valence-electron chi connectivity index (χ4n) is 3.78. The second kappa shape index (κ2) is 7.59. The lowest BCUT2D eigenvalue weighted by Gasteiger charge is -2.26. The number of benzene rings is 2. The van der Waals surface area contributed by atoms with Gasteiger partial charge in [0.1, 0.15) is 11.6 Å². The molecule has 0 nitrogen and oxygen atoms in total. The van der Waals surface area contributed by atoms with Crippen molar-refractivity contribution in [1.29, 1.82) is 0 Å². The van der Waals surface area contributed by atoms with E-state index in [1.165, 1.54) is 18.2 Å². The minimum atomic E-state index is -0.869. The maximum absolute atomic E-state index is 14.5. The molecule has 3 rings (SSSR count). The van der Waals surface area contributed by atoms with Gasteiger partial charge in [-0.3, -0.25) is 0 Å². The molecule has 0 radical (unpaired) electrons. The summed E-state index contributed by atoms with van der Waals surface area (Å²) in [6, 6.07) is 5.46. The van der Waals surface area contributed by atoms with Crippen molar-refractivity contribution in [2.24, 2.45) is 0 Å². The second-order valence-corrected chi connectivity index (χ2v) is 6.87. The fourth-order valence-corrected chi connectivity index (χ4v) is 3.78. The third-order valence-electron chi connectivity index (χ3n) is 5.12. The molecule has 0 aromatic heterocycles. The number of halogens is 4. The molecule has 0 saturated carbocycles. The lowest BCUT2D eigenvalue weighted by atomic mass is 9.79. The zero-order valence-corrected chi connectivity index (χ0v) is 14.3. The van der Waals surface area contributed by atoms with Crippen molar-refractivity contribution in [1.82, 2.24) is 0 Å². The van der Waals surface area contributed by atoms with E-state index < -0.39 is 23.3 Å². The Morgan fingerprint density at radius 2 is 1.68 bits per heavy atom. The van der Waals surface area contributed by atoms with Crippen LogP contribution in [0.15, 0.2) is 24.3 Å². The molecule has 1 aliphatic rings. The Bertz CT molecular complexity index is 744. The Kier molecular flexibility index (Phi) is 5.45. The monoisotopic (exact) mass is 350 g/mol. The molecule has 0 amide bonds. The van der Waals surface area contributed by atoms with Gasteiger partial charge in [-0.1, -0.05) is 25.8 Å². The highest BCUT2D eigenvalue weighted by Gasteiger charge is 2.28. The maximum Gasteiger partial charge on any atom is 0.162 e. The zero-order chi connectivity index (χ0) is 18.0. The third-order valence-corrected chi connectivity index (χ3v) is 5.12. The van der Waals surface area contributed by atoms with Gasteiger partial charge in [-0.25, -0.2) is 17.6 Å². The van der Waals surface area contributed by atoms with E-state index in [0.29, 0.717) is 42.4 Å². The van der Waals surface area contributed by atoms with Gasteiger partial charge in [0, 0.05) is 5.56 Å². The highest BCUT2D eigenvalue weighted by atomic mass is 19.2. The number of aryl methyl sites for hydroxylation is 1. The summed E-state index contributed by atoms with van der Waals surface area (Å²) in [7, 11) is 0. The van der Waals surface area contributed by atoms with Gasteiger partial charge in [-0.2, -0.15) is 0 Å². The first-order valence-corrected chi connectivity index (χ1v) is 8.94. The Morgan fingerprint density at radius 3 is 2.36 bits per heavy atom. The molecule has 1 atom stereocenters. The standard InChI is InChI=1S/C21H22F4/c1-2-3-4-5-13-10-18(23)20(19(24)11-13)15-6-8-16-14(12-15)7-9-17(22)21(16)25/h7,9-11,15H,2-6,8,12H2,1H3. The molecular formula is C21H22F4. The van der Waals surface area contributed by atoms with Crippen LogP contribution in [0.25, 0.3) is 0 Å². The average molecular weight is 350 g/mol. The summed E-state index contributed by atoms with van der Waals surface area (Å²) in [4.78, 5) is 0. The van der Waals surface area contributed by atoms with Crippen LogP contribution in [0.1, 0.15) is 60.8 Å². The Labute approximate surface area is 145 Å². The molecule has 0 spiro atoms. The van der Waals surface area contributed by atoms with E-state index in [1.54, 1.807) is 0 Å². The van der Waals surface area contributed by atoms with E-state index in [9.17, 15) is 17.6 Å². The first-order chi connectivity index (χ1) is 12.0. The molecule has 2 aromatic rings. The van der Waals surface area contributed by atoms with Crippen molar-refractivity contribution in [3.8, 4) is 0 Å². The van der Waals surface area contributed by atoms with E-state index >= 15 is 0 Å². The van der Waals surface area contributed by atoms with Crippen molar-refractivity contribution in [3.05, 3.63) is 69.8 Å². The van der Waals surface area contributed by atoms with E-state index in [-0.39, 0.29) is 11.5 Å². The number of rotatable bonds is 5. The number of fused-ring (bicyclic) bond motifs is 1. The lowest BCUT2D eigenvalue weighted by molar-refractivity contribution is 0.460. The van der Waals surface area contributed by atoms with Crippen molar-refractivity contribution >= 4 is 0 Å². The van der Waals surface area contributed by atoms with Gasteiger partial charge >= 0.3 is 0 Å². The van der Waals surface area contributed by atoms with Crippen LogP contribution in [-0.2, 0) is 19.3 Å². The molecule has 1 aliphatic carbocycles. The van der Waals surface area contributed by atoms with E-state index in [1.807, 2.05) is 0 Å². The first-order valence-electron chi connectivity index (χ1n) is 8.94. The summed E-state index contributed by atoms with van der Waals surface area (Å²) < 4.78 is 56.3. The number of hydrogen-bond acceptors (Lipinski definition) is 0. The molecule has 0 N–H and O–H groups in total. The van der Waals surface area contributed by atoms with Crippen molar-refractivity contribution in [2.45, 2.75) is 57.8 Å². The molecule has 0 heterocycles. The Hall–Kier alpha value is -1.84. The van der Waals surface area contributed by atoms with Gasteiger partial charge < -0.3 is 0 Å². The summed E-state index contributed by atoms with van der Waals surface area (Å²) in [5.74, 6) is -3.10. The number of unbranched alkanes of at least 4 members (excludes halogenated alkanes) is 2.